The molecule has 0 saturated carbocycles. The molecule has 3 aromatic rings. The first-order chi connectivity index (χ1) is 12.4. The molecule has 0 radical (unpaired) electrons. The minimum atomic E-state index is -4.29. The third-order valence-electron chi connectivity index (χ3n) is 4.49. The molecule has 0 aliphatic rings. The molecule has 0 unspecified atom stereocenters. The molecule has 0 aliphatic carbocycles. The lowest BCUT2D eigenvalue weighted by molar-refractivity contribution is -0.137. The van der Waals surface area contributed by atoms with Crippen molar-refractivity contribution in [1.82, 2.24) is 10.3 Å². The fourth-order valence-electron chi connectivity index (χ4n) is 3.07. The summed E-state index contributed by atoms with van der Waals surface area (Å²) in [6, 6.07) is 11.2. The van der Waals surface area contributed by atoms with E-state index in [1.165, 1.54) is 17.7 Å². The number of aromatic amines is 1. The normalized spacial score (nSPS) is 11.9. The van der Waals surface area contributed by atoms with E-state index in [4.69, 9.17) is 4.74 Å². The first kappa shape index (κ1) is 18.3. The molecule has 2 N–H and O–H groups in total. The summed E-state index contributed by atoms with van der Waals surface area (Å²) in [6.45, 7) is 3.30. The van der Waals surface area contributed by atoms with Gasteiger partial charge >= 0.3 is 6.18 Å². The molecule has 0 atom stereocenters. The Kier molecular flexibility index (Phi) is 5.23. The zero-order valence-electron chi connectivity index (χ0n) is 14.7. The highest BCUT2D eigenvalue weighted by Gasteiger charge is 2.29. The third-order valence-corrected chi connectivity index (χ3v) is 4.49. The summed E-state index contributed by atoms with van der Waals surface area (Å²) in [7, 11) is 1.64. The van der Waals surface area contributed by atoms with Gasteiger partial charge in [-0.15, -0.1) is 0 Å². The van der Waals surface area contributed by atoms with Crippen molar-refractivity contribution >= 4 is 10.9 Å². The molecule has 26 heavy (non-hydrogen) atoms. The Hall–Kier alpha value is -2.47. The number of aryl methyl sites for hydroxylation is 1. The predicted molar refractivity (Wildman–Crippen MR) is 96.4 cm³/mol. The zero-order chi connectivity index (χ0) is 18.7. The Morgan fingerprint density at radius 2 is 1.81 bits per heavy atom. The largest absolute Gasteiger partial charge is 0.497 e. The van der Waals surface area contributed by atoms with Gasteiger partial charge in [0.2, 0.25) is 0 Å². The third kappa shape index (κ3) is 4.02. The number of hydrogen-bond acceptors (Lipinski definition) is 2. The average Bonchev–Trinajstić information content (AvgIpc) is 2.93. The van der Waals surface area contributed by atoms with E-state index in [1.54, 1.807) is 7.11 Å². The second kappa shape index (κ2) is 7.41. The number of methoxy groups -OCH3 is 1. The number of halogens is 3. The minimum Gasteiger partial charge on any atom is -0.497 e. The molecule has 0 fully saturated rings. The molecule has 1 heterocycles. The highest BCUT2D eigenvalue weighted by molar-refractivity contribution is 5.86. The molecular weight excluding hydrogens is 341 g/mol. The van der Waals surface area contributed by atoms with E-state index < -0.39 is 11.7 Å². The van der Waals surface area contributed by atoms with E-state index in [2.05, 4.69) is 10.3 Å². The van der Waals surface area contributed by atoms with Crippen LogP contribution in [-0.4, -0.2) is 18.6 Å². The second-order valence-corrected chi connectivity index (χ2v) is 6.26. The number of nitrogens with one attached hydrogen (secondary N) is 2. The van der Waals surface area contributed by atoms with Crippen LogP contribution in [0.1, 0.15) is 22.4 Å². The van der Waals surface area contributed by atoms with Gasteiger partial charge in [-0.1, -0.05) is 12.1 Å². The topological polar surface area (TPSA) is 37.0 Å². The van der Waals surface area contributed by atoms with Crippen LogP contribution in [0.15, 0.2) is 42.5 Å². The van der Waals surface area contributed by atoms with Crippen LogP contribution in [0.2, 0.25) is 0 Å². The number of aromatic nitrogens is 1. The van der Waals surface area contributed by atoms with Crippen LogP contribution in [0, 0.1) is 6.92 Å². The molecule has 0 spiro atoms. The average molecular weight is 362 g/mol. The van der Waals surface area contributed by atoms with Crippen LogP contribution in [0.4, 0.5) is 13.2 Å². The quantitative estimate of drug-likeness (QED) is 0.616. The van der Waals surface area contributed by atoms with Crippen LogP contribution in [-0.2, 0) is 19.1 Å². The van der Waals surface area contributed by atoms with Crippen LogP contribution in [0.5, 0.6) is 5.75 Å². The molecular formula is C20H21F3N2O. The van der Waals surface area contributed by atoms with E-state index in [0.717, 1.165) is 53.0 Å². The maximum Gasteiger partial charge on any atom is 0.416 e. The maximum absolute atomic E-state index is 12.6. The molecule has 1 aromatic heterocycles. The summed E-state index contributed by atoms with van der Waals surface area (Å²) in [5, 5.41) is 4.43. The Labute approximate surface area is 150 Å². The molecule has 2 aromatic carbocycles. The van der Waals surface area contributed by atoms with Gasteiger partial charge in [0.25, 0.3) is 0 Å². The van der Waals surface area contributed by atoms with Crippen molar-refractivity contribution in [3.63, 3.8) is 0 Å². The lowest BCUT2D eigenvalue weighted by atomic mass is 10.1. The highest BCUT2D eigenvalue weighted by atomic mass is 19.4. The standard InChI is InChI=1S/C20H21F3N2O/c1-13-17(18-11-16(26-2)7-8-19(18)25-13)9-10-24-12-14-3-5-15(6-4-14)20(21,22)23/h3-8,11,24-25H,9-10,12H2,1-2H3. The van der Waals surface area contributed by atoms with Crippen LogP contribution in [0.25, 0.3) is 10.9 Å². The summed E-state index contributed by atoms with van der Waals surface area (Å²) in [5.74, 6) is 0.815. The molecule has 3 nitrogen and oxygen atoms in total. The fourth-order valence-corrected chi connectivity index (χ4v) is 3.07. The Balaban J connectivity index is 1.60. The summed E-state index contributed by atoms with van der Waals surface area (Å²) in [4.78, 5) is 3.37. The highest BCUT2D eigenvalue weighted by Crippen LogP contribution is 2.29. The first-order valence-corrected chi connectivity index (χ1v) is 8.40. The van der Waals surface area contributed by atoms with Gasteiger partial charge in [0.15, 0.2) is 0 Å². The van der Waals surface area contributed by atoms with Gasteiger partial charge in [0.05, 0.1) is 12.7 Å². The lowest BCUT2D eigenvalue weighted by Crippen LogP contribution is -2.17. The van der Waals surface area contributed by atoms with Gasteiger partial charge in [-0.05, 0) is 61.3 Å². The number of hydrogen-bond donors (Lipinski definition) is 2. The van der Waals surface area contributed by atoms with E-state index in [0.29, 0.717) is 6.54 Å². The smallest absolute Gasteiger partial charge is 0.416 e. The first-order valence-electron chi connectivity index (χ1n) is 8.40. The summed E-state index contributed by atoms with van der Waals surface area (Å²) in [5.41, 5.74) is 3.62. The minimum absolute atomic E-state index is 0.531. The number of benzene rings is 2. The van der Waals surface area contributed by atoms with Crippen molar-refractivity contribution < 1.29 is 17.9 Å². The van der Waals surface area contributed by atoms with Gasteiger partial charge in [-0.3, -0.25) is 0 Å². The van der Waals surface area contributed by atoms with Crippen molar-refractivity contribution in [1.29, 1.82) is 0 Å². The second-order valence-electron chi connectivity index (χ2n) is 6.26. The number of fused-ring (bicyclic) bond motifs is 1. The van der Waals surface area contributed by atoms with Gasteiger partial charge in [-0.25, -0.2) is 0 Å². The molecule has 0 saturated heterocycles. The van der Waals surface area contributed by atoms with Crippen molar-refractivity contribution in [2.45, 2.75) is 26.1 Å². The lowest BCUT2D eigenvalue weighted by Gasteiger charge is -2.09. The molecule has 0 aliphatic heterocycles. The van der Waals surface area contributed by atoms with Crippen LogP contribution >= 0.6 is 0 Å². The van der Waals surface area contributed by atoms with Gasteiger partial charge < -0.3 is 15.0 Å². The Bertz CT molecular complexity index is 882. The van der Waals surface area contributed by atoms with Gasteiger partial charge in [0.1, 0.15) is 5.75 Å². The molecule has 3 rings (SSSR count). The SMILES string of the molecule is COc1ccc2[nH]c(C)c(CCNCc3ccc(C(F)(F)F)cc3)c2c1. The Morgan fingerprint density at radius 3 is 2.46 bits per heavy atom. The van der Waals surface area contributed by atoms with Crippen molar-refractivity contribution in [3.8, 4) is 5.75 Å². The number of ether oxygens (including phenoxy) is 1. The molecule has 0 bridgehead atoms. The Morgan fingerprint density at radius 1 is 1.08 bits per heavy atom. The summed E-state index contributed by atoms with van der Waals surface area (Å²) < 4.78 is 43.0. The number of rotatable bonds is 6. The zero-order valence-corrected chi connectivity index (χ0v) is 14.7. The van der Waals surface area contributed by atoms with Crippen molar-refractivity contribution in [2.75, 3.05) is 13.7 Å². The monoisotopic (exact) mass is 362 g/mol. The van der Waals surface area contributed by atoms with E-state index >= 15 is 0 Å². The van der Waals surface area contributed by atoms with E-state index in [9.17, 15) is 13.2 Å². The fraction of sp³-hybridized carbons (Fsp3) is 0.300. The van der Waals surface area contributed by atoms with Crippen LogP contribution in [0.3, 0.4) is 0 Å². The van der Waals surface area contributed by atoms with Gasteiger partial charge in [-0.2, -0.15) is 13.2 Å². The number of alkyl halides is 3. The van der Waals surface area contributed by atoms with Crippen molar-refractivity contribution in [2.24, 2.45) is 0 Å². The van der Waals surface area contributed by atoms with Crippen LogP contribution < -0.4 is 10.1 Å². The maximum atomic E-state index is 12.6. The van der Waals surface area contributed by atoms with E-state index in [-0.39, 0.29) is 0 Å². The summed E-state index contributed by atoms with van der Waals surface area (Å²) >= 11 is 0. The molecule has 0 amide bonds. The van der Waals surface area contributed by atoms with Crippen molar-refractivity contribution in [3.05, 3.63) is 64.8 Å². The predicted octanol–water partition coefficient (Wildman–Crippen LogP) is 4.84. The molecule has 6 heteroatoms. The van der Waals surface area contributed by atoms with Gasteiger partial charge in [0, 0.05) is 23.1 Å². The summed E-state index contributed by atoms with van der Waals surface area (Å²) in [6.07, 6.45) is -3.47. The molecule has 138 valence electrons. The number of H-pyrrole nitrogens is 1. The van der Waals surface area contributed by atoms with E-state index in [1.807, 2.05) is 25.1 Å².